The average Bonchev–Trinajstić information content (AvgIpc) is 2.59. The number of rotatable bonds is 4. The lowest BCUT2D eigenvalue weighted by molar-refractivity contribution is 0.202. The minimum absolute atomic E-state index is 0.0729. The van der Waals surface area contributed by atoms with Crippen molar-refractivity contribution in [3.8, 4) is 0 Å². The zero-order valence-corrected chi connectivity index (χ0v) is 12.1. The van der Waals surface area contributed by atoms with Crippen molar-refractivity contribution >= 4 is 0 Å². The Morgan fingerprint density at radius 1 is 1.32 bits per heavy atom. The molecule has 1 aromatic rings. The van der Waals surface area contributed by atoms with E-state index in [1.165, 1.54) is 25.7 Å². The van der Waals surface area contributed by atoms with Crippen LogP contribution in [0.15, 0.2) is 18.2 Å². The fourth-order valence-corrected chi connectivity index (χ4v) is 2.85. The topological polar surface area (TPSA) is 15.3 Å². The number of nitrogens with one attached hydrogen (secondary N) is 1. The Bertz CT molecular complexity index is 406. The molecule has 0 radical (unpaired) electrons. The van der Waals surface area contributed by atoms with Crippen LogP contribution in [0, 0.1) is 5.82 Å². The predicted molar refractivity (Wildman–Crippen MR) is 77.5 cm³/mol. The number of nitrogens with zero attached hydrogens (tertiary/aromatic N) is 1. The third kappa shape index (κ3) is 4.02. The maximum Gasteiger partial charge on any atom is 0.127 e. The van der Waals surface area contributed by atoms with Crippen molar-refractivity contribution in [2.45, 2.75) is 51.7 Å². The summed E-state index contributed by atoms with van der Waals surface area (Å²) in [4.78, 5) is 2.43. The van der Waals surface area contributed by atoms with E-state index in [1.807, 2.05) is 19.2 Å². The Hall–Kier alpha value is -0.930. The summed E-state index contributed by atoms with van der Waals surface area (Å²) in [5.41, 5.74) is 1.99. The molecule has 0 aliphatic carbocycles. The van der Waals surface area contributed by atoms with Crippen LogP contribution in [0.5, 0.6) is 0 Å². The summed E-state index contributed by atoms with van der Waals surface area (Å²) in [5.74, 6) is -0.0729. The first kappa shape index (κ1) is 14.5. The molecule has 2 nitrogen and oxygen atoms in total. The van der Waals surface area contributed by atoms with Crippen LogP contribution in [0.3, 0.4) is 0 Å². The minimum atomic E-state index is -0.0729. The summed E-state index contributed by atoms with van der Waals surface area (Å²) in [5, 5.41) is 3.12. The van der Waals surface area contributed by atoms with Crippen molar-refractivity contribution in [1.82, 2.24) is 10.2 Å². The molecule has 19 heavy (non-hydrogen) atoms. The Kier molecular flexibility index (Phi) is 5.34. The van der Waals surface area contributed by atoms with Crippen LogP contribution in [-0.2, 0) is 13.1 Å². The smallest absolute Gasteiger partial charge is 0.127 e. The lowest BCUT2D eigenvalue weighted by Crippen LogP contribution is -2.32. The summed E-state index contributed by atoms with van der Waals surface area (Å²) in [6.45, 7) is 4.89. The molecule has 1 aromatic carbocycles. The van der Waals surface area contributed by atoms with Crippen LogP contribution >= 0.6 is 0 Å². The number of likely N-dealkylation sites (tertiary alicyclic amines) is 1. The van der Waals surface area contributed by atoms with E-state index < -0.39 is 0 Å². The fourth-order valence-electron chi connectivity index (χ4n) is 2.85. The molecule has 2 rings (SSSR count). The lowest BCUT2D eigenvalue weighted by atomic mass is 10.1. The Balaban J connectivity index is 2.09. The van der Waals surface area contributed by atoms with Gasteiger partial charge < -0.3 is 5.32 Å². The Morgan fingerprint density at radius 3 is 2.95 bits per heavy atom. The summed E-state index contributed by atoms with van der Waals surface area (Å²) in [6.07, 6.45) is 5.09. The van der Waals surface area contributed by atoms with Gasteiger partial charge in [0.25, 0.3) is 0 Å². The van der Waals surface area contributed by atoms with Crippen LogP contribution in [-0.4, -0.2) is 24.5 Å². The standard InChI is InChI=1S/C16H25FN2/c1-13-6-4-3-5-9-19(13)12-15-10-14(11-18-2)7-8-16(15)17/h7-8,10,13,18H,3-6,9,11-12H2,1-2H3. The molecule has 1 atom stereocenters. The number of hydrogen-bond acceptors (Lipinski definition) is 2. The second-order valence-corrected chi connectivity index (χ2v) is 5.62. The van der Waals surface area contributed by atoms with Gasteiger partial charge >= 0.3 is 0 Å². The molecular formula is C16H25FN2. The molecule has 1 fully saturated rings. The first-order valence-corrected chi connectivity index (χ1v) is 7.36. The third-order valence-electron chi connectivity index (χ3n) is 4.06. The first-order valence-electron chi connectivity index (χ1n) is 7.36. The zero-order chi connectivity index (χ0) is 13.7. The van der Waals surface area contributed by atoms with Crippen LogP contribution in [0.25, 0.3) is 0 Å². The van der Waals surface area contributed by atoms with Gasteiger partial charge in [0.05, 0.1) is 0 Å². The highest BCUT2D eigenvalue weighted by Crippen LogP contribution is 2.20. The molecule has 106 valence electrons. The highest BCUT2D eigenvalue weighted by atomic mass is 19.1. The third-order valence-corrected chi connectivity index (χ3v) is 4.06. The van der Waals surface area contributed by atoms with Gasteiger partial charge in [-0.15, -0.1) is 0 Å². The molecule has 1 aliphatic heterocycles. The SMILES string of the molecule is CNCc1ccc(F)c(CN2CCCCCC2C)c1. The normalized spacial score (nSPS) is 21.3. The van der Waals surface area contributed by atoms with Gasteiger partial charge in [-0.25, -0.2) is 4.39 Å². The van der Waals surface area contributed by atoms with E-state index in [9.17, 15) is 4.39 Å². The monoisotopic (exact) mass is 264 g/mol. The van der Waals surface area contributed by atoms with E-state index in [0.29, 0.717) is 6.04 Å². The van der Waals surface area contributed by atoms with E-state index in [4.69, 9.17) is 0 Å². The molecule has 1 unspecified atom stereocenters. The molecule has 0 bridgehead atoms. The molecule has 3 heteroatoms. The largest absolute Gasteiger partial charge is 0.316 e. The van der Waals surface area contributed by atoms with Crippen molar-refractivity contribution in [3.63, 3.8) is 0 Å². The summed E-state index contributed by atoms with van der Waals surface area (Å²) >= 11 is 0. The summed E-state index contributed by atoms with van der Waals surface area (Å²) in [6, 6.07) is 6.03. The number of halogens is 1. The minimum Gasteiger partial charge on any atom is -0.316 e. The van der Waals surface area contributed by atoms with Gasteiger partial charge in [-0.2, -0.15) is 0 Å². The lowest BCUT2D eigenvalue weighted by Gasteiger charge is -2.27. The molecule has 1 aliphatic rings. The van der Waals surface area contributed by atoms with E-state index in [0.717, 1.165) is 30.8 Å². The first-order chi connectivity index (χ1) is 9.20. The van der Waals surface area contributed by atoms with E-state index in [1.54, 1.807) is 6.07 Å². The van der Waals surface area contributed by atoms with Gasteiger partial charge in [-0.05, 0) is 45.0 Å². The van der Waals surface area contributed by atoms with Crippen molar-refractivity contribution in [2.75, 3.05) is 13.6 Å². The second-order valence-electron chi connectivity index (χ2n) is 5.62. The highest BCUT2D eigenvalue weighted by Gasteiger charge is 2.18. The van der Waals surface area contributed by atoms with E-state index >= 15 is 0 Å². The average molecular weight is 264 g/mol. The highest BCUT2D eigenvalue weighted by molar-refractivity contribution is 5.25. The van der Waals surface area contributed by atoms with Gasteiger partial charge in [0, 0.05) is 24.7 Å². The molecule has 0 aromatic heterocycles. The Labute approximate surface area is 116 Å². The molecule has 0 saturated carbocycles. The Morgan fingerprint density at radius 2 is 2.16 bits per heavy atom. The quantitative estimate of drug-likeness (QED) is 0.897. The van der Waals surface area contributed by atoms with Crippen molar-refractivity contribution in [3.05, 3.63) is 35.1 Å². The fraction of sp³-hybridized carbons (Fsp3) is 0.625. The van der Waals surface area contributed by atoms with Gasteiger partial charge in [-0.1, -0.05) is 25.0 Å². The van der Waals surface area contributed by atoms with Crippen molar-refractivity contribution < 1.29 is 4.39 Å². The van der Waals surface area contributed by atoms with Crippen LogP contribution in [0.2, 0.25) is 0 Å². The molecule has 1 N–H and O–H groups in total. The molecular weight excluding hydrogens is 239 g/mol. The molecule has 1 heterocycles. The molecule has 1 saturated heterocycles. The van der Waals surface area contributed by atoms with Gasteiger partial charge in [0.15, 0.2) is 0 Å². The second kappa shape index (κ2) is 7.01. The van der Waals surface area contributed by atoms with Crippen LogP contribution in [0.4, 0.5) is 4.39 Å². The van der Waals surface area contributed by atoms with E-state index in [-0.39, 0.29) is 5.82 Å². The van der Waals surface area contributed by atoms with Crippen LogP contribution in [0.1, 0.15) is 43.7 Å². The van der Waals surface area contributed by atoms with Crippen molar-refractivity contribution in [1.29, 1.82) is 0 Å². The van der Waals surface area contributed by atoms with Gasteiger partial charge in [0.2, 0.25) is 0 Å². The number of hydrogen-bond donors (Lipinski definition) is 1. The zero-order valence-electron chi connectivity index (χ0n) is 12.1. The van der Waals surface area contributed by atoms with Gasteiger partial charge in [-0.3, -0.25) is 4.90 Å². The molecule has 0 amide bonds. The van der Waals surface area contributed by atoms with Gasteiger partial charge in [0.1, 0.15) is 5.82 Å². The van der Waals surface area contributed by atoms with Crippen molar-refractivity contribution in [2.24, 2.45) is 0 Å². The summed E-state index contributed by atoms with van der Waals surface area (Å²) in [7, 11) is 1.92. The summed E-state index contributed by atoms with van der Waals surface area (Å²) < 4.78 is 13.9. The maximum atomic E-state index is 13.9. The maximum absolute atomic E-state index is 13.9. The van der Waals surface area contributed by atoms with Crippen LogP contribution < -0.4 is 5.32 Å². The number of benzene rings is 1. The molecule has 0 spiro atoms. The predicted octanol–water partition coefficient (Wildman–Crippen LogP) is 3.31. The van der Waals surface area contributed by atoms with E-state index in [2.05, 4.69) is 17.1 Å².